The van der Waals surface area contributed by atoms with Crippen LogP contribution >= 0.6 is 0 Å². The summed E-state index contributed by atoms with van der Waals surface area (Å²) >= 11 is 0. The van der Waals surface area contributed by atoms with Crippen LogP contribution in [-0.4, -0.2) is 21.1 Å². The summed E-state index contributed by atoms with van der Waals surface area (Å²) in [6.45, 7) is 0. The number of alkyl halides is 3. The van der Waals surface area contributed by atoms with Crippen LogP contribution in [0.3, 0.4) is 0 Å². The highest BCUT2D eigenvalue weighted by molar-refractivity contribution is 5.29. The molecular formula is C9H6F3N3O. The monoisotopic (exact) mass is 229 g/mol. The Morgan fingerprint density at radius 3 is 2.44 bits per heavy atom. The Morgan fingerprint density at radius 2 is 1.81 bits per heavy atom. The van der Waals surface area contributed by atoms with Crippen molar-refractivity contribution in [2.75, 3.05) is 0 Å². The zero-order chi connectivity index (χ0) is 11.6. The van der Waals surface area contributed by atoms with E-state index in [9.17, 15) is 13.2 Å². The Kier molecular flexibility index (Phi) is 2.51. The second-order valence-electron chi connectivity index (χ2n) is 2.86. The van der Waals surface area contributed by atoms with Crippen molar-refractivity contribution < 1.29 is 17.9 Å². The molecule has 0 aliphatic carbocycles. The van der Waals surface area contributed by atoms with E-state index in [0.717, 1.165) is 6.33 Å². The molecule has 16 heavy (non-hydrogen) atoms. The van der Waals surface area contributed by atoms with Crippen LogP contribution in [0.15, 0.2) is 36.7 Å². The van der Waals surface area contributed by atoms with Gasteiger partial charge in [-0.2, -0.15) is 4.98 Å². The standard InChI is InChI=1S/C9H6F3N3O/c10-9(11,12)16-8-13-6-15(14-8)7-4-2-1-3-5-7/h1-6H. The molecule has 0 atom stereocenters. The average Bonchev–Trinajstić information content (AvgIpc) is 2.65. The van der Waals surface area contributed by atoms with Crippen molar-refractivity contribution in [2.45, 2.75) is 6.36 Å². The number of para-hydroxylation sites is 1. The van der Waals surface area contributed by atoms with Crippen molar-refractivity contribution in [3.05, 3.63) is 36.7 Å². The number of ether oxygens (including phenoxy) is 1. The van der Waals surface area contributed by atoms with E-state index in [1.165, 1.54) is 4.68 Å². The Hall–Kier alpha value is -2.05. The van der Waals surface area contributed by atoms with Gasteiger partial charge in [-0.05, 0) is 12.1 Å². The van der Waals surface area contributed by atoms with Crippen molar-refractivity contribution in [3.63, 3.8) is 0 Å². The fourth-order valence-corrected chi connectivity index (χ4v) is 1.10. The molecule has 1 aromatic carbocycles. The van der Waals surface area contributed by atoms with Gasteiger partial charge in [-0.15, -0.1) is 18.3 Å². The number of rotatable bonds is 2. The Bertz CT molecular complexity index is 466. The predicted octanol–water partition coefficient (Wildman–Crippen LogP) is 2.17. The summed E-state index contributed by atoms with van der Waals surface area (Å²) in [5.41, 5.74) is 0.604. The number of benzene rings is 1. The number of halogens is 3. The molecule has 0 aliphatic heterocycles. The minimum atomic E-state index is -4.77. The van der Waals surface area contributed by atoms with Crippen molar-refractivity contribution in [3.8, 4) is 11.7 Å². The van der Waals surface area contributed by atoms with Crippen molar-refractivity contribution in [1.29, 1.82) is 0 Å². The maximum Gasteiger partial charge on any atom is 0.575 e. The fraction of sp³-hybridized carbons (Fsp3) is 0.111. The van der Waals surface area contributed by atoms with Gasteiger partial charge in [-0.25, -0.2) is 4.68 Å². The van der Waals surface area contributed by atoms with Crippen LogP contribution in [-0.2, 0) is 0 Å². The molecule has 2 rings (SSSR count). The maximum atomic E-state index is 11.8. The largest absolute Gasteiger partial charge is 0.575 e. The molecule has 4 nitrogen and oxygen atoms in total. The van der Waals surface area contributed by atoms with E-state index >= 15 is 0 Å². The summed E-state index contributed by atoms with van der Waals surface area (Å²) in [6.07, 6.45) is -3.63. The smallest absolute Gasteiger partial charge is 0.369 e. The van der Waals surface area contributed by atoms with E-state index in [4.69, 9.17) is 0 Å². The van der Waals surface area contributed by atoms with Gasteiger partial charge in [0.15, 0.2) is 0 Å². The van der Waals surface area contributed by atoms with Gasteiger partial charge in [0.05, 0.1) is 5.69 Å². The lowest BCUT2D eigenvalue weighted by atomic mass is 10.3. The minimum absolute atomic E-state index is 0.604. The Morgan fingerprint density at radius 1 is 1.12 bits per heavy atom. The van der Waals surface area contributed by atoms with E-state index < -0.39 is 12.4 Å². The van der Waals surface area contributed by atoms with Crippen LogP contribution in [0.4, 0.5) is 13.2 Å². The van der Waals surface area contributed by atoms with Gasteiger partial charge < -0.3 is 4.74 Å². The van der Waals surface area contributed by atoms with Crippen LogP contribution in [0.2, 0.25) is 0 Å². The first-order valence-corrected chi connectivity index (χ1v) is 4.27. The van der Waals surface area contributed by atoms with Crippen molar-refractivity contribution in [1.82, 2.24) is 14.8 Å². The number of nitrogens with zero attached hydrogens (tertiary/aromatic N) is 3. The highest BCUT2D eigenvalue weighted by Gasteiger charge is 2.33. The third-order valence-electron chi connectivity index (χ3n) is 1.70. The minimum Gasteiger partial charge on any atom is -0.369 e. The Balaban J connectivity index is 2.21. The fourth-order valence-electron chi connectivity index (χ4n) is 1.10. The van der Waals surface area contributed by atoms with Gasteiger partial charge in [0, 0.05) is 0 Å². The summed E-state index contributed by atoms with van der Waals surface area (Å²) in [5, 5.41) is 3.53. The highest BCUT2D eigenvalue weighted by atomic mass is 19.4. The molecule has 0 N–H and O–H groups in total. The summed E-state index contributed by atoms with van der Waals surface area (Å²) in [7, 11) is 0. The molecular weight excluding hydrogens is 223 g/mol. The molecule has 1 heterocycles. The zero-order valence-corrected chi connectivity index (χ0v) is 7.85. The molecule has 84 valence electrons. The summed E-state index contributed by atoms with van der Waals surface area (Å²) in [5.74, 6) is 0. The molecule has 0 fully saturated rings. The lowest BCUT2D eigenvalue weighted by molar-refractivity contribution is -0.277. The van der Waals surface area contributed by atoms with Gasteiger partial charge >= 0.3 is 12.4 Å². The predicted molar refractivity (Wildman–Crippen MR) is 48.0 cm³/mol. The normalized spacial score (nSPS) is 11.4. The van der Waals surface area contributed by atoms with E-state index in [1.54, 1.807) is 30.3 Å². The molecule has 0 saturated heterocycles. The van der Waals surface area contributed by atoms with Crippen molar-refractivity contribution in [2.24, 2.45) is 0 Å². The molecule has 0 bridgehead atoms. The molecule has 1 aromatic heterocycles. The lowest BCUT2D eigenvalue weighted by Crippen LogP contribution is -2.18. The lowest BCUT2D eigenvalue weighted by Gasteiger charge is -2.03. The van der Waals surface area contributed by atoms with Crippen LogP contribution in [0, 0.1) is 0 Å². The van der Waals surface area contributed by atoms with Crippen molar-refractivity contribution >= 4 is 0 Å². The summed E-state index contributed by atoms with van der Waals surface area (Å²) in [6, 6.07) is 7.91. The average molecular weight is 229 g/mol. The van der Waals surface area contributed by atoms with Crippen LogP contribution in [0.5, 0.6) is 6.01 Å². The molecule has 0 spiro atoms. The van der Waals surface area contributed by atoms with Crippen LogP contribution in [0.25, 0.3) is 5.69 Å². The van der Waals surface area contributed by atoms with Gasteiger partial charge in [0.1, 0.15) is 6.33 Å². The Labute approximate surface area is 88.3 Å². The first kappa shape index (κ1) is 10.5. The molecule has 0 saturated carbocycles. The molecule has 0 amide bonds. The topological polar surface area (TPSA) is 39.9 Å². The third kappa shape index (κ3) is 2.50. The van der Waals surface area contributed by atoms with Crippen LogP contribution < -0.4 is 4.74 Å². The second-order valence-corrected chi connectivity index (χ2v) is 2.86. The van der Waals surface area contributed by atoms with E-state index in [1.807, 2.05) is 0 Å². The first-order valence-electron chi connectivity index (χ1n) is 4.27. The number of hydrogen-bond donors (Lipinski definition) is 0. The van der Waals surface area contributed by atoms with Gasteiger partial charge in [-0.1, -0.05) is 18.2 Å². The van der Waals surface area contributed by atoms with Gasteiger partial charge in [-0.3, -0.25) is 0 Å². The SMILES string of the molecule is FC(F)(F)Oc1ncn(-c2ccccc2)n1. The number of aromatic nitrogens is 3. The van der Waals surface area contributed by atoms with E-state index in [0.29, 0.717) is 5.69 Å². The summed E-state index contributed by atoms with van der Waals surface area (Å²) in [4.78, 5) is 3.39. The highest BCUT2D eigenvalue weighted by Crippen LogP contribution is 2.19. The van der Waals surface area contributed by atoms with Gasteiger partial charge in [0.2, 0.25) is 0 Å². The summed E-state index contributed by atoms with van der Waals surface area (Å²) < 4.78 is 40.3. The maximum absolute atomic E-state index is 11.8. The quantitative estimate of drug-likeness (QED) is 0.792. The third-order valence-corrected chi connectivity index (χ3v) is 1.70. The van der Waals surface area contributed by atoms with E-state index in [2.05, 4.69) is 14.8 Å². The van der Waals surface area contributed by atoms with E-state index in [-0.39, 0.29) is 0 Å². The van der Waals surface area contributed by atoms with Crippen LogP contribution in [0.1, 0.15) is 0 Å². The van der Waals surface area contributed by atoms with Gasteiger partial charge in [0.25, 0.3) is 0 Å². The molecule has 0 radical (unpaired) electrons. The zero-order valence-electron chi connectivity index (χ0n) is 7.85. The first-order chi connectivity index (χ1) is 7.54. The number of hydrogen-bond acceptors (Lipinski definition) is 3. The molecule has 0 aliphatic rings. The second kappa shape index (κ2) is 3.84. The molecule has 2 aromatic rings. The molecule has 0 unspecified atom stereocenters. The molecule has 7 heteroatoms.